The number of nitrogens with zero attached hydrogens (tertiary/aromatic N) is 1. The highest BCUT2D eigenvalue weighted by molar-refractivity contribution is 5.88. The molecule has 35 heavy (non-hydrogen) atoms. The molecule has 1 nitrogen and oxygen atoms in total. The van der Waals surface area contributed by atoms with E-state index in [0.717, 1.165) is 12.8 Å². The van der Waals surface area contributed by atoms with Crippen LogP contribution in [0.5, 0.6) is 0 Å². The Bertz CT molecular complexity index is 1360. The van der Waals surface area contributed by atoms with Crippen molar-refractivity contribution in [1.29, 1.82) is 0 Å². The Balaban J connectivity index is 1.74. The van der Waals surface area contributed by atoms with E-state index in [1.165, 1.54) is 55.9 Å². The van der Waals surface area contributed by atoms with Gasteiger partial charge in [0.05, 0.1) is 0 Å². The van der Waals surface area contributed by atoms with Crippen LogP contribution in [-0.4, -0.2) is 6.04 Å². The van der Waals surface area contributed by atoms with Crippen LogP contribution in [0.2, 0.25) is 0 Å². The Kier molecular flexibility index (Phi) is 6.05. The first-order valence-corrected chi connectivity index (χ1v) is 13.1. The zero-order valence-corrected chi connectivity index (χ0v) is 22.0. The maximum Gasteiger partial charge on any atom is 0.0452 e. The molecule has 178 valence electrons. The molecule has 4 aromatic carbocycles. The molecule has 0 unspecified atom stereocenters. The average Bonchev–Trinajstić information content (AvgIpc) is 3.11. The molecule has 0 aliphatic heterocycles. The molecule has 0 N–H and O–H groups in total. The van der Waals surface area contributed by atoms with Crippen molar-refractivity contribution in [2.45, 2.75) is 65.8 Å². The van der Waals surface area contributed by atoms with Gasteiger partial charge in [0, 0.05) is 22.8 Å². The molecule has 0 saturated heterocycles. The maximum absolute atomic E-state index is 2.58. The molecule has 1 aliphatic rings. The molecule has 0 fully saturated rings. The van der Waals surface area contributed by atoms with Crippen molar-refractivity contribution in [1.82, 2.24) is 0 Å². The van der Waals surface area contributed by atoms with Gasteiger partial charge in [-0.2, -0.15) is 0 Å². The second-order valence-corrected chi connectivity index (χ2v) is 10.5. The fraction of sp³-hybridized carbons (Fsp3) is 0.294. The summed E-state index contributed by atoms with van der Waals surface area (Å²) >= 11 is 0. The van der Waals surface area contributed by atoms with E-state index in [4.69, 9.17) is 0 Å². The van der Waals surface area contributed by atoms with Crippen molar-refractivity contribution in [3.05, 3.63) is 107 Å². The third-order valence-corrected chi connectivity index (χ3v) is 7.79. The van der Waals surface area contributed by atoms with Gasteiger partial charge in [0.15, 0.2) is 0 Å². The van der Waals surface area contributed by atoms with E-state index in [2.05, 4.69) is 131 Å². The summed E-state index contributed by atoms with van der Waals surface area (Å²) in [5, 5.41) is 0. The highest BCUT2D eigenvalue weighted by Crippen LogP contribution is 2.52. The van der Waals surface area contributed by atoms with Crippen molar-refractivity contribution in [2.24, 2.45) is 0 Å². The van der Waals surface area contributed by atoms with Crippen LogP contribution in [-0.2, 0) is 18.3 Å². The van der Waals surface area contributed by atoms with Crippen molar-refractivity contribution in [3.8, 4) is 22.3 Å². The second-order valence-electron chi connectivity index (χ2n) is 10.5. The Labute approximate surface area is 211 Å². The Morgan fingerprint density at radius 3 is 2.09 bits per heavy atom. The molecule has 0 spiro atoms. The second kappa shape index (κ2) is 9.04. The molecule has 0 radical (unpaired) electrons. The first kappa shape index (κ1) is 23.4. The summed E-state index contributed by atoms with van der Waals surface area (Å²) < 4.78 is 0. The van der Waals surface area contributed by atoms with E-state index >= 15 is 0 Å². The van der Waals surface area contributed by atoms with Crippen molar-refractivity contribution in [3.63, 3.8) is 0 Å². The first-order valence-electron chi connectivity index (χ1n) is 13.1. The van der Waals surface area contributed by atoms with E-state index in [1.54, 1.807) is 0 Å². The molecule has 0 bridgehead atoms. The average molecular weight is 460 g/mol. The minimum absolute atomic E-state index is 0.0266. The van der Waals surface area contributed by atoms with Crippen LogP contribution >= 0.6 is 0 Å². The Morgan fingerprint density at radius 2 is 1.40 bits per heavy atom. The van der Waals surface area contributed by atoms with Crippen LogP contribution in [0.15, 0.2) is 84.9 Å². The minimum Gasteiger partial charge on any atom is -0.338 e. The largest absolute Gasteiger partial charge is 0.338 e. The summed E-state index contributed by atoms with van der Waals surface area (Å²) in [6, 6.07) is 31.9. The fourth-order valence-corrected chi connectivity index (χ4v) is 6.02. The molecule has 5 rings (SSSR count). The highest BCUT2D eigenvalue weighted by atomic mass is 15.2. The first-order chi connectivity index (χ1) is 16.9. The SMILES string of the molecule is CCc1ccc(-c2ccccc2)cc1N(c1ccc2c(c1CC)-c1ccccc1C2(C)C)C(C)C. The molecule has 1 heteroatoms. The van der Waals surface area contributed by atoms with E-state index < -0.39 is 0 Å². The molecule has 0 heterocycles. The summed E-state index contributed by atoms with van der Waals surface area (Å²) in [4.78, 5) is 2.58. The molecule has 0 aromatic heterocycles. The summed E-state index contributed by atoms with van der Waals surface area (Å²) in [7, 11) is 0. The van der Waals surface area contributed by atoms with Gasteiger partial charge < -0.3 is 4.90 Å². The third kappa shape index (κ3) is 3.78. The van der Waals surface area contributed by atoms with E-state index in [9.17, 15) is 0 Å². The number of benzene rings is 4. The molecule has 0 atom stereocenters. The Morgan fingerprint density at radius 1 is 0.686 bits per heavy atom. The summed E-state index contributed by atoms with van der Waals surface area (Å²) in [6.45, 7) is 14.0. The van der Waals surface area contributed by atoms with Crippen LogP contribution in [0.3, 0.4) is 0 Å². The number of hydrogen-bond donors (Lipinski definition) is 0. The van der Waals surface area contributed by atoms with Gasteiger partial charge in [0.25, 0.3) is 0 Å². The quantitative estimate of drug-likeness (QED) is 0.278. The van der Waals surface area contributed by atoms with Crippen LogP contribution in [0.1, 0.15) is 63.8 Å². The molecule has 4 aromatic rings. The number of anilines is 2. The third-order valence-electron chi connectivity index (χ3n) is 7.79. The van der Waals surface area contributed by atoms with Gasteiger partial charge in [-0.05, 0) is 83.3 Å². The fourth-order valence-electron chi connectivity index (χ4n) is 6.02. The van der Waals surface area contributed by atoms with Crippen molar-refractivity contribution >= 4 is 11.4 Å². The predicted molar refractivity (Wildman–Crippen MR) is 152 cm³/mol. The summed E-state index contributed by atoms with van der Waals surface area (Å²) in [5.41, 5.74) is 13.8. The van der Waals surface area contributed by atoms with Crippen molar-refractivity contribution < 1.29 is 0 Å². The number of fused-ring (bicyclic) bond motifs is 3. The summed E-state index contributed by atoms with van der Waals surface area (Å²) in [6.07, 6.45) is 2.02. The van der Waals surface area contributed by atoms with E-state index in [0.29, 0.717) is 6.04 Å². The Hall–Kier alpha value is -3.32. The van der Waals surface area contributed by atoms with Gasteiger partial charge in [-0.15, -0.1) is 0 Å². The molecular formula is C34H37N. The number of aryl methyl sites for hydroxylation is 1. The van der Waals surface area contributed by atoms with E-state index in [1.807, 2.05) is 0 Å². The normalized spacial score (nSPS) is 13.6. The van der Waals surface area contributed by atoms with Gasteiger partial charge in [0.1, 0.15) is 0 Å². The van der Waals surface area contributed by atoms with Crippen LogP contribution in [0.25, 0.3) is 22.3 Å². The highest BCUT2D eigenvalue weighted by Gasteiger charge is 2.37. The minimum atomic E-state index is 0.0266. The van der Waals surface area contributed by atoms with Gasteiger partial charge in [-0.1, -0.05) is 100 Å². The maximum atomic E-state index is 2.58. The van der Waals surface area contributed by atoms with Gasteiger partial charge in [-0.3, -0.25) is 0 Å². The van der Waals surface area contributed by atoms with Crippen LogP contribution in [0.4, 0.5) is 11.4 Å². The smallest absolute Gasteiger partial charge is 0.0452 e. The summed E-state index contributed by atoms with van der Waals surface area (Å²) in [5.74, 6) is 0. The lowest BCUT2D eigenvalue weighted by atomic mass is 9.82. The number of hydrogen-bond acceptors (Lipinski definition) is 1. The molecular weight excluding hydrogens is 422 g/mol. The van der Waals surface area contributed by atoms with Gasteiger partial charge >= 0.3 is 0 Å². The molecule has 0 saturated carbocycles. The lowest BCUT2D eigenvalue weighted by molar-refractivity contribution is 0.659. The monoisotopic (exact) mass is 459 g/mol. The zero-order chi connectivity index (χ0) is 24.7. The molecule has 1 aliphatic carbocycles. The molecule has 0 amide bonds. The zero-order valence-electron chi connectivity index (χ0n) is 22.0. The van der Waals surface area contributed by atoms with Crippen LogP contribution in [0, 0.1) is 0 Å². The van der Waals surface area contributed by atoms with Gasteiger partial charge in [0.2, 0.25) is 0 Å². The van der Waals surface area contributed by atoms with Crippen LogP contribution < -0.4 is 4.90 Å². The topological polar surface area (TPSA) is 3.24 Å². The predicted octanol–water partition coefficient (Wildman–Crippen LogP) is 9.33. The van der Waals surface area contributed by atoms with Gasteiger partial charge in [-0.25, -0.2) is 0 Å². The lowest BCUT2D eigenvalue weighted by Crippen LogP contribution is -2.28. The van der Waals surface area contributed by atoms with E-state index in [-0.39, 0.29) is 5.41 Å². The standard InChI is InChI=1S/C34H37N/c1-7-24-18-19-26(25-14-10-9-11-15-25)22-32(24)35(23(3)4)31-21-20-30-33(27(31)8-2)28-16-12-13-17-29(28)34(30,5)6/h9-23H,7-8H2,1-6H3. The number of rotatable bonds is 6. The van der Waals surface area contributed by atoms with Crippen molar-refractivity contribution in [2.75, 3.05) is 4.90 Å². The lowest BCUT2D eigenvalue weighted by Gasteiger charge is -2.34.